The second kappa shape index (κ2) is 8.77. The Balaban J connectivity index is 2.36. The maximum atomic E-state index is 12.0. The minimum absolute atomic E-state index is 0.325. The van der Waals surface area contributed by atoms with Gasteiger partial charge in [0.2, 0.25) is 0 Å². The average Bonchev–Trinajstić information content (AvgIpc) is 2.83. The first-order valence-electron chi connectivity index (χ1n) is 8.36. The molecule has 1 aliphatic heterocycles. The number of aliphatic hydroxyl groups excluding tert-OH is 1. The minimum Gasteiger partial charge on any atom is -0.387 e. The summed E-state index contributed by atoms with van der Waals surface area (Å²) < 4.78 is 66.0. The minimum atomic E-state index is -6.03. The number of nitrogens with two attached hydrogens (primary N) is 1. The van der Waals surface area contributed by atoms with Gasteiger partial charge >= 0.3 is 29.2 Å². The molecule has 1 aromatic heterocycles. The van der Waals surface area contributed by atoms with Crippen LogP contribution in [-0.4, -0.2) is 63.8 Å². The fraction of sp³-hybridized carbons (Fsp3) is 0.500. The van der Waals surface area contributed by atoms with Crippen LogP contribution in [0, 0.1) is 12.3 Å². The van der Waals surface area contributed by atoms with Gasteiger partial charge in [0.05, 0.1) is 9.30 Å². The van der Waals surface area contributed by atoms with Crippen LogP contribution in [-0.2, 0) is 31.6 Å². The van der Waals surface area contributed by atoms with Crippen molar-refractivity contribution in [2.75, 3.05) is 6.56 Å². The molecule has 21 heteroatoms. The molecular weight excluding hydrogens is 493 g/mol. The van der Waals surface area contributed by atoms with Gasteiger partial charge in [0.1, 0.15) is 18.4 Å². The van der Waals surface area contributed by atoms with Crippen LogP contribution in [0.1, 0.15) is 8.97 Å². The highest BCUT2D eigenvalue weighted by Crippen LogP contribution is 2.66. The summed E-state index contributed by atoms with van der Waals surface area (Å²) in [5.41, 5.74) is 1.18. The van der Waals surface area contributed by atoms with Crippen LogP contribution in [0.4, 0.5) is 0 Å². The fourth-order valence-electron chi connectivity index (χ4n) is 2.18. The van der Waals surface area contributed by atoms with E-state index in [1.165, 1.54) is 0 Å². The normalized spacial score (nSPS) is 31.7. The van der Waals surface area contributed by atoms with E-state index in [0.717, 1.165) is 0 Å². The summed E-state index contributed by atoms with van der Waals surface area (Å²) in [5.74, 6) is 1.84. The first-order chi connectivity index (χ1) is 14.7. The number of phosphoric ester groups is 1. The molecule has 1 aromatic rings. The molecule has 0 radical (unpaired) electrons. The second-order valence-electron chi connectivity index (χ2n) is 5.61. The van der Waals surface area contributed by atoms with E-state index in [9.17, 15) is 33.3 Å². The molecule has 3 unspecified atom stereocenters. The van der Waals surface area contributed by atoms with Crippen molar-refractivity contribution >= 4 is 23.5 Å². The van der Waals surface area contributed by atoms with Crippen molar-refractivity contribution in [2.45, 2.75) is 24.0 Å². The van der Waals surface area contributed by atoms with Crippen LogP contribution < -0.4 is 17.0 Å². The Labute approximate surface area is 173 Å². The van der Waals surface area contributed by atoms with E-state index in [2.05, 4.69) is 18.2 Å². The quantitative estimate of drug-likeness (QED) is 0.134. The van der Waals surface area contributed by atoms with E-state index in [1.54, 1.807) is 4.98 Å². The standard InChI is InChI=1S/C10H15N4O14P3/c1-2-10(11)7(16)5(26-8(10)14-9(17)13-6(15)3-12-14)4-25-30(21,22)28-31(23,24)27-29(18,19)20/h1,3,5,7-8,16H,4,11H2,(H,21,22)(H,23,24)(H,13,15,17)(H2,18,19,20)/t5-,7+,8-,10?/m1/s1/i4D2. The maximum Gasteiger partial charge on any atom is 0.490 e. The predicted molar refractivity (Wildman–Crippen MR) is 94.6 cm³/mol. The summed E-state index contributed by atoms with van der Waals surface area (Å²) >= 11 is 0. The number of aromatic nitrogens is 3. The van der Waals surface area contributed by atoms with Gasteiger partial charge in [-0.1, -0.05) is 5.92 Å². The van der Waals surface area contributed by atoms with Gasteiger partial charge in [0.15, 0.2) is 11.8 Å². The van der Waals surface area contributed by atoms with Crippen LogP contribution in [0.2, 0.25) is 0 Å². The van der Waals surface area contributed by atoms with Crippen molar-refractivity contribution < 1.29 is 59.0 Å². The number of rotatable bonds is 8. The first-order valence-corrected chi connectivity index (χ1v) is 11.9. The highest BCUT2D eigenvalue weighted by molar-refractivity contribution is 7.66. The van der Waals surface area contributed by atoms with E-state index >= 15 is 0 Å². The molecule has 2 rings (SSSR count). The third-order valence-corrected chi connectivity index (χ3v) is 7.03. The second-order valence-corrected chi connectivity index (χ2v) is 9.96. The number of nitrogens with zero attached hydrogens (tertiary/aromatic N) is 2. The zero-order valence-corrected chi connectivity index (χ0v) is 17.3. The molecule has 0 aromatic carbocycles. The number of ether oxygens (including phenoxy) is 1. The molecule has 0 amide bonds. The smallest absolute Gasteiger partial charge is 0.387 e. The van der Waals surface area contributed by atoms with Crippen molar-refractivity contribution in [3.63, 3.8) is 0 Å². The number of aromatic amines is 1. The Morgan fingerprint density at radius 2 is 1.94 bits per heavy atom. The lowest BCUT2D eigenvalue weighted by Crippen LogP contribution is -2.55. The van der Waals surface area contributed by atoms with Crippen LogP contribution in [0.5, 0.6) is 0 Å². The van der Waals surface area contributed by atoms with Gasteiger partial charge in [-0.25, -0.2) is 18.5 Å². The largest absolute Gasteiger partial charge is 0.490 e. The van der Waals surface area contributed by atoms with Crippen LogP contribution in [0.3, 0.4) is 0 Å². The van der Waals surface area contributed by atoms with Gasteiger partial charge in [0, 0.05) is 0 Å². The zero-order chi connectivity index (χ0) is 25.6. The Bertz CT molecular complexity index is 1220. The monoisotopic (exact) mass is 510 g/mol. The number of hydrogen-bond donors (Lipinski definition) is 7. The summed E-state index contributed by atoms with van der Waals surface area (Å²) in [6.07, 6.45) is -0.854. The summed E-state index contributed by atoms with van der Waals surface area (Å²) in [7, 11) is -17.7. The molecule has 31 heavy (non-hydrogen) atoms. The van der Waals surface area contributed by atoms with E-state index in [-0.39, 0.29) is 0 Å². The summed E-state index contributed by atoms with van der Waals surface area (Å²) in [6, 6.07) is 0. The van der Waals surface area contributed by atoms with Gasteiger partial charge in [-0.05, 0) is 0 Å². The molecule has 1 saturated heterocycles. The number of H-pyrrole nitrogens is 1. The SMILES string of the molecule is [2H]C([2H])(OP(=O)(O)OP(=O)(O)OP(=O)(O)O)[C@H]1O[C@@H](n2ncc(=O)[nH]c2=O)C(N)(C#C)[C@H]1O. The number of hydrogen-bond acceptors (Lipinski definition) is 12. The van der Waals surface area contributed by atoms with Crippen LogP contribution >= 0.6 is 23.5 Å². The van der Waals surface area contributed by atoms with Crippen LogP contribution in [0.25, 0.3) is 0 Å². The molecular formula is C10H15N4O14P3. The molecule has 1 fully saturated rings. The lowest BCUT2D eigenvalue weighted by Gasteiger charge is -2.26. The van der Waals surface area contributed by atoms with E-state index in [0.29, 0.717) is 10.9 Å². The predicted octanol–water partition coefficient (Wildman–Crippen LogP) is -3.14. The van der Waals surface area contributed by atoms with Crippen LogP contribution in [0.15, 0.2) is 15.8 Å². The molecule has 174 valence electrons. The summed E-state index contributed by atoms with van der Waals surface area (Å²) in [5, 5.41) is 13.8. The molecule has 0 saturated carbocycles. The Morgan fingerprint density at radius 1 is 1.32 bits per heavy atom. The molecule has 2 heterocycles. The Kier molecular flexibility index (Phi) is 6.41. The molecule has 0 aliphatic carbocycles. The molecule has 6 atom stereocenters. The number of nitrogens with one attached hydrogen (secondary N) is 1. The Morgan fingerprint density at radius 3 is 2.45 bits per heavy atom. The highest BCUT2D eigenvalue weighted by atomic mass is 31.3. The van der Waals surface area contributed by atoms with Gasteiger partial charge < -0.3 is 35.2 Å². The number of terminal acetylenes is 1. The lowest BCUT2D eigenvalue weighted by molar-refractivity contribution is -0.0520. The van der Waals surface area contributed by atoms with Gasteiger partial charge in [-0.15, -0.1) is 6.42 Å². The molecule has 18 nitrogen and oxygen atoms in total. The third-order valence-electron chi connectivity index (χ3n) is 3.37. The van der Waals surface area contributed by atoms with Crippen molar-refractivity contribution in [3.8, 4) is 12.3 Å². The van der Waals surface area contributed by atoms with E-state index in [4.69, 9.17) is 34.3 Å². The molecule has 1 aliphatic rings. The third kappa shape index (κ3) is 6.25. The molecule has 0 bridgehead atoms. The Hall–Kier alpha value is -1.54. The van der Waals surface area contributed by atoms with Crippen molar-refractivity contribution in [1.29, 1.82) is 0 Å². The van der Waals surface area contributed by atoms with E-state index < -0.39 is 65.3 Å². The highest BCUT2D eigenvalue weighted by Gasteiger charge is 2.55. The number of aliphatic hydroxyl groups is 1. The van der Waals surface area contributed by atoms with Gasteiger partial charge in [-0.2, -0.15) is 18.4 Å². The van der Waals surface area contributed by atoms with Gasteiger partial charge in [-0.3, -0.25) is 14.3 Å². The van der Waals surface area contributed by atoms with Crippen molar-refractivity contribution in [2.24, 2.45) is 5.73 Å². The molecule has 0 spiro atoms. The van der Waals surface area contributed by atoms with E-state index in [1.807, 2.05) is 5.92 Å². The maximum absolute atomic E-state index is 12.0. The van der Waals surface area contributed by atoms with Crippen molar-refractivity contribution in [3.05, 3.63) is 27.0 Å². The molecule has 8 N–H and O–H groups in total. The first kappa shape index (κ1) is 22.6. The van der Waals surface area contributed by atoms with Gasteiger partial charge in [0.25, 0.3) is 5.56 Å². The summed E-state index contributed by atoms with van der Waals surface area (Å²) in [4.78, 5) is 60.6. The summed E-state index contributed by atoms with van der Waals surface area (Å²) in [6.45, 7) is -3.65. The zero-order valence-electron chi connectivity index (χ0n) is 16.6. The lowest BCUT2D eigenvalue weighted by atomic mass is 9.92. The fourth-order valence-corrected chi connectivity index (χ4v) is 5.05. The van der Waals surface area contributed by atoms with Crippen molar-refractivity contribution in [1.82, 2.24) is 14.8 Å². The number of phosphoric acid groups is 3. The topological polar surface area (TPSA) is 283 Å². The average molecular weight is 510 g/mol.